The van der Waals surface area contributed by atoms with E-state index in [2.05, 4.69) is 23.1 Å². The Morgan fingerprint density at radius 3 is 3.05 bits per heavy atom. The van der Waals surface area contributed by atoms with Crippen molar-refractivity contribution in [1.82, 2.24) is 4.90 Å². The van der Waals surface area contributed by atoms with Crippen molar-refractivity contribution in [1.29, 1.82) is 0 Å². The van der Waals surface area contributed by atoms with Crippen molar-refractivity contribution in [2.24, 2.45) is 5.73 Å². The largest absolute Gasteiger partial charge is 0.339 e. The second-order valence-corrected chi connectivity index (χ2v) is 6.72. The van der Waals surface area contributed by atoms with Gasteiger partial charge < -0.3 is 10.6 Å². The number of carbonyl (C=O) groups is 1. The van der Waals surface area contributed by atoms with Crippen LogP contribution in [0.4, 0.5) is 0 Å². The normalized spacial score (nSPS) is 25.6. The number of likely N-dealkylation sites (tertiary alicyclic amines) is 1. The van der Waals surface area contributed by atoms with Crippen molar-refractivity contribution >= 4 is 17.7 Å². The summed E-state index contributed by atoms with van der Waals surface area (Å²) >= 11 is 1.81. The fourth-order valence-electron chi connectivity index (χ4n) is 3.35. The van der Waals surface area contributed by atoms with Gasteiger partial charge in [0.05, 0.1) is 5.92 Å². The summed E-state index contributed by atoms with van der Waals surface area (Å²) in [7, 11) is 0. The molecule has 0 aromatic heterocycles. The topological polar surface area (TPSA) is 46.3 Å². The minimum atomic E-state index is 0.0505. The summed E-state index contributed by atoms with van der Waals surface area (Å²) in [6.07, 6.45) is 4.41. The summed E-state index contributed by atoms with van der Waals surface area (Å²) in [6, 6.07) is 8.69. The van der Waals surface area contributed by atoms with Crippen LogP contribution in [-0.4, -0.2) is 35.7 Å². The molecule has 2 aliphatic heterocycles. The summed E-state index contributed by atoms with van der Waals surface area (Å²) in [5.74, 6) is 1.26. The molecule has 3 rings (SSSR count). The molecule has 3 nitrogen and oxygen atoms in total. The first-order chi connectivity index (χ1) is 9.81. The summed E-state index contributed by atoms with van der Waals surface area (Å²) in [6.45, 7) is 1.58. The number of amides is 1. The Hall–Kier alpha value is -1.00. The van der Waals surface area contributed by atoms with Crippen LogP contribution < -0.4 is 5.73 Å². The van der Waals surface area contributed by atoms with Crippen LogP contribution in [0.15, 0.2) is 29.2 Å². The third-order valence-electron chi connectivity index (χ3n) is 4.41. The average molecular weight is 290 g/mol. The maximum atomic E-state index is 12.9. The number of piperidine rings is 1. The van der Waals surface area contributed by atoms with E-state index in [-0.39, 0.29) is 5.92 Å². The lowest BCUT2D eigenvalue weighted by Crippen LogP contribution is -2.46. The van der Waals surface area contributed by atoms with E-state index in [0.717, 1.165) is 31.6 Å². The van der Waals surface area contributed by atoms with Crippen molar-refractivity contribution in [2.45, 2.75) is 42.5 Å². The van der Waals surface area contributed by atoms with Crippen LogP contribution in [0.25, 0.3) is 0 Å². The van der Waals surface area contributed by atoms with Crippen molar-refractivity contribution in [3.05, 3.63) is 29.8 Å². The van der Waals surface area contributed by atoms with E-state index in [9.17, 15) is 4.79 Å². The Bertz CT molecular complexity index is 489. The van der Waals surface area contributed by atoms with Gasteiger partial charge in [0, 0.05) is 23.2 Å². The molecule has 20 heavy (non-hydrogen) atoms. The van der Waals surface area contributed by atoms with Crippen molar-refractivity contribution < 1.29 is 4.79 Å². The predicted octanol–water partition coefficient (Wildman–Crippen LogP) is 2.61. The second kappa shape index (κ2) is 6.19. The van der Waals surface area contributed by atoms with Gasteiger partial charge >= 0.3 is 0 Å². The first-order valence-corrected chi connectivity index (χ1v) is 8.52. The van der Waals surface area contributed by atoms with Crippen molar-refractivity contribution in [2.75, 3.05) is 18.8 Å². The molecule has 2 N–H and O–H groups in total. The number of hydrogen-bond donors (Lipinski definition) is 1. The molecule has 0 saturated carbocycles. The fourth-order valence-corrected chi connectivity index (χ4v) is 4.57. The number of benzene rings is 1. The highest BCUT2D eigenvalue weighted by atomic mass is 32.2. The van der Waals surface area contributed by atoms with E-state index in [4.69, 9.17) is 5.73 Å². The number of thioether (sulfide) groups is 1. The molecule has 0 aliphatic carbocycles. The second-order valence-electron chi connectivity index (χ2n) is 5.66. The number of rotatable bonds is 3. The smallest absolute Gasteiger partial charge is 0.231 e. The van der Waals surface area contributed by atoms with E-state index in [1.807, 2.05) is 17.8 Å². The third kappa shape index (κ3) is 2.59. The molecule has 2 aliphatic rings. The monoisotopic (exact) mass is 290 g/mol. The summed E-state index contributed by atoms with van der Waals surface area (Å²) in [4.78, 5) is 16.3. The molecule has 1 saturated heterocycles. The van der Waals surface area contributed by atoms with E-state index in [1.165, 1.54) is 16.9 Å². The van der Waals surface area contributed by atoms with Crippen LogP contribution in [0.2, 0.25) is 0 Å². The highest BCUT2D eigenvalue weighted by Crippen LogP contribution is 2.41. The maximum absolute atomic E-state index is 12.9. The van der Waals surface area contributed by atoms with Crippen molar-refractivity contribution in [3.8, 4) is 0 Å². The molecule has 1 amide bonds. The lowest BCUT2D eigenvalue weighted by Gasteiger charge is -2.37. The lowest BCUT2D eigenvalue weighted by molar-refractivity contribution is -0.136. The molecule has 4 heteroatoms. The zero-order chi connectivity index (χ0) is 13.9. The zero-order valence-electron chi connectivity index (χ0n) is 11.8. The molecule has 0 radical (unpaired) electrons. The highest BCUT2D eigenvalue weighted by Gasteiger charge is 2.35. The zero-order valence-corrected chi connectivity index (χ0v) is 12.6. The van der Waals surface area contributed by atoms with Crippen LogP contribution in [0.5, 0.6) is 0 Å². The molecule has 1 aromatic rings. The molecule has 108 valence electrons. The van der Waals surface area contributed by atoms with Gasteiger partial charge in [-0.15, -0.1) is 11.8 Å². The maximum Gasteiger partial charge on any atom is 0.231 e. The first-order valence-electron chi connectivity index (χ1n) is 7.53. The minimum absolute atomic E-state index is 0.0505. The predicted molar refractivity (Wildman–Crippen MR) is 82.9 cm³/mol. The van der Waals surface area contributed by atoms with Gasteiger partial charge in [0.25, 0.3) is 0 Å². The number of hydrogen-bond acceptors (Lipinski definition) is 3. The van der Waals surface area contributed by atoms with E-state index < -0.39 is 0 Å². The summed E-state index contributed by atoms with van der Waals surface area (Å²) in [5.41, 5.74) is 6.93. The van der Waals surface area contributed by atoms with Crippen LogP contribution in [0.1, 0.15) is 37.2 Å². The Morgan fingerprint density at radius 2 is 2.20 bits per heavy atom. The summed E-state index contributed by atoms with van der Waals surface area (Å²) in [5, 5.41) is 0. The Labute approximate surface area is 124 Å². The number of carbonyl (C=O) groups excluding carboxylic acids is 1. The van der Waals surface area contributed by atoms with Gasteiger partial charge in [0.15, 0.2) is 0 Å². The molecule has 1 fully saturated rings. The van der Waals surface area contributed by atoms with Gasteiger partial charge in [-0.25, -0.2) is 0 Å². The Morgan fingerprint density at radius 1 is 1.35 bits per heavy atom. The molecule has 2 unspecified atom stereocenters. The fraction of sp³-hybridized carbons (Fsp3) is 0.562. The Balaban J connectivity index is 1.78. The van der Waals surface area contributed by atoms with Gasteiger partial charge in [-0.3, -0.25) is 4.79 Å². The standard InChI is InChI=1S/C16H22N2OS/c17-9-8-12-5-3-4-10-18(12)16(19)14-11-20-15-7-2-1-6-13(14)15/h1-2,6-7,12,14H,3-5,8-11,17H2. The van der Waals surface area contributed by atoms with Gasteiger partial charge in [-0.1, -0.05) is 18.2 Å². The average Bonchev–Trinajstić information content (AvgIpc) is 2.91. The quantitative estimate of drug-likeness (QED) is 0.931. The number of fused-ring (bicyclic) bond motifs is 1. The molecule has 2 heterocycles. The summed E-state index contributed by atoms with van der Waals surface area (Å²) < 4.78 is 0. The van der Waals surface area contributed by atoms with Gasteiger partial charge in [0.1, 0.15) is 0 Å². The number of nitrogens with two attached hydrogens (primary N) is 1. The lowest BCUT2D eigenvalue weighted by atomic mass is 9.94. The van der Waals surface area contributed by atoms with Crippen LogP contribution in [-0.2, 0) is 4.79 Å². The first kappa shape index (κ1) is 14.0. The van der Waals surface area contributed by atoms with E-state index in [0.29, 0.717) is 18.5 Å². The van der Waals surface area contributed by atoms with Crippen LogP contribution in [0, 0.1) is 0 Å². The molecule has 2 atom stereocenters. The van der Waals surface area contributed by atoms with Gasteiger partial charge in [-0.05, 0) is 43.9 Å². The van der Waals surface area contributed by atoms with Gasteiger partial charge in [-0.2, -0.15) is 0 Å². The third-order valence-corrected chi connectivity index (χ3v) is 5.59. The van der Waals surface area contributed by atoms with Gasteiger partial charge in [0.2, 0.25) is 5.91 Å². The molecule has 1 aromatic carbocycles. The molecular formula is C16H22N2OS. The van der Waals surface area contributed by atoms with E-state index >= 15 is 0 Å². The highest BCUT2D eigenvalue weighted by molar-refractivity contribution is 7.99. The van der Waals surface area contributed by atoms with E-state index in [1.54, 1.807) is 0 Å². The molecular weight excluding hydrogens is 268 g/mol. The molecule has 0 bridgehead atoms. The SMILES string of the molecule is NCCC1CCCCN1C(=O)C1CSc2ccccc21. The van der Waals surface area contributed by atoms with Crippen LogP contribution >= 0.6 is 11.8 Å². The molecule has 0 spiro atoms. The number of nitrogens with zero attached hydrogens (tertiary/aromatic N) is 1. The Kier molecular flexibility index (Phi) is 4.32. The van der Waals surface area contributed by atoms with Crippen LogP contribution in [0.3, 0.4) is 0 Å². The van der Waals surface area contributed by atoms with Crippen molar-refractivity contribution in [3.63, 3.8) is 0 Å². The minimum Gasteiger partial charge on any atom is -0.339 e.